The van der Waals surface area contributed by atoms with Crippen LogP contribution in [0.5, 0.6) is 0 Å². The van der Waals surface area contributed by atoms with Crippen molar-refractivity contribution in [2.75, 3.05) is 0 Å². The van der Waals surface area contributed by atoms with E-state index in [4.69, 9.17) is 4.42 Å². The molecular formula is C91H129N3OS. The smallest absolute Gasteiger partial charge is 0.101 e. The van der Waals surface area contributed by atoms with E-state index in [0.29, 0.717) is 0 Å². The van der Waals surface area contributed by atoms with Gasteiger partial charge in [0.2, 0.25) is 0 Å². The Morgan fingerprint density at radius 3 is 1.10 bits per heavy atom. The molecule has 13 aromatic rings. The Morgan fingerprint density at radius 2 is 0.667 bits per heavy atom. The standard InChI is InChI=1S/2C16H14.2C11H11N.C7H9N.C6H8O.C6H8S.9C2H6/c1-11-3-7-15-13(9-11)5-6-14-10-12(2)4-8-16(14)15;1-11-7-8-13-10-12(2)14-5-3-4-6-15(14)16(13)9-11;1-8-5-6-9(2)11-10(8)4-3-7-12-11;1-8-7-9(2)12-11-6-4-3-5-10(8)11;1-6-4-3-5-7(2)8-6;2*1-5-3-4-6(2)7-5;9*1-2/h2*3-10H,1-2H3;2*3-7H,1-2H3;3-5H,1-2H3;2*3-4H,1-2H3;9*1-2H3. The van der Waals surface area contributed by atoms with Crippen molar-refractivity contribution >= 4 is 76.2 Å². The van der Waals surface area contributed by atoms with E-state index in [1.807, 2.05) is 225 Å². The van der Waals surface area contributed by atoms with Crippen LogP contribution in [0, 0.1) is 96.9 Å². The fraction of sp³-hybridized carbons (Fsp3) is 0.352. The summed E-state index contributed by atoms with van der Waals surface area (Å²) in [6, 6.07) is 68.2. The number of rotatable bonds is 0. The molecule has 0 amide bonds. The molecule has 0 unspecified atom stereocenters. The lowest BCUT2D eigenvalue weighted by atomic mass is 9.97. The van der Waals surface area contributed by atoms with E-state index in [0.717, 1.165) is 39.6 Å². The van der Waals surface area contributed by atoms with Crippen molar-refractivity contribution in [1.29, 1.82) is 0 Å². The van der Waals surface area contributed by atoms with Crippen LogP contribution in [0.2, 0.25) is 0 Å². The van der Waals surface area contributed by atoms with Gasteiger partial charge in [0.25, 0.3) is 0 Å². The van der Waals surface area contributed by atoms with Gasteiger partial charge in [-0.3, -0.25) is 15.0 Å². The number of para-hydroxylation sites is 1. The Bertz CT molecular complexity index is 3920. The summed E-state index contributed by atoms with van der Waals surface area (Å²) in [5, 5.41) is 13.3. The van der Waals surface area contributed by atoms with Gasteiger partial charge < -0.3 is 4.42 Å². The maximum Gasteiger partial charge on any atom is 0.101 e. The van der Waals surface area contributed by atoms with Gasteiger partial charge in [0.15, 0.2) is 0 Å². The molecule has 520 valence electrons. The summed E-state index contributed by atoms with van der Waals surface area (Å²) in [5.41, 5.74) is 14.6. The molecule has 0 spiro atoms. The van der Waals surface area contributed by atoms with E-state index in [9.17, 15) is 0 Å². The van der Waals surface area contributed by atoms with Gasteiger partial charge in [0, 0.05) is 43.8 Å². The van der Waals surface area contributed by atoms with Gasteiger partial charge in [0.05, 0.1) is 11.0 Å². The number of aryl methyl sites for hydroxylation is 14. The molecule has 8 aromatic carbocycles. The van der Waals surface area contributed by atoms with Crippen LogP contribution in [0.3, 0.4) is 0 Å². The molecule has 0 aliphatic carbocycles. The summed E-state index contributed by atoms with van der Waals surface area (Å²) in [6.07, 6.45) is 1.84. The number of fused-ring (bicyclic) bond motifs is 8. The second-order valence-electron chi connectivity index (χ2n) is 20.4. The van der Waals surface area contributed by atoms with Gasteiger partial charge in [-0.1, -0.05) is 281 Å². The molecule has 5 aromatic heterocycles. The van der Waals surface area contributed by atoms with Gasteiger partial charge in [-0.2, -0.15) is 0 Å². The third kappa shape index (κ3) is 32.5. The summed E-state index contributed by atoms with van der Waals surface area (Å²) in [4.78, 5) is 15.8. The maximum absolute atomic E-state index is 5.08. The number of benzene rings is 8. The fourth-order valence-corrected chi connectivity index (χ4v) is 10.3. The van der Waals surface area contributed by atoms with Gasteiger partial charge in [0.1, 0.15) is 11.5 Å². The zero-order chi connectivity index (χ0) is 73.9. The molecule has 0 saturated carbocycles. The van der Waals surface area contributed by atoms with Crippen molar-refractivity contribution in [1.82, 2.24) is 15.0 Å². The first-order chi connectivity index (χ1) is 46.4. The molecule has 0 atom stereocenters. The molecule has 96 heavy (non-hydrogen) atoms. The van der Waals surface area contributed by atoms with Gasteiger partial charge in [-0.05, 0) is 217 Å². The van der Waals surface area contributed by atoms with Crippen LogP contribution in [-0.4, -0.2) is 15.0 Å². The predicted molar refractivity (Wildman–Crippen MR) is 442 cm³/mol. The Balaban J connectivity index is -0.00000103. The van der Waals surface area contributed by atoms with Crippen molar-refractivity contribution in [2.45, 2.75) is 222 Å². The number of aromatic nitrogens is 3. The molecule has 0 bridgehead atoms. The number of hydrogen-bond donors (Lipinski definition) is 0. The van der Waals surface area contributed by atoms with Crippen LogP contribution in [-0.2, 0) is 0 Å². The highest BCUT2D eigenvalue weighted by Crippen LogP contribution is 2.30. The van der Waals surface area contributed by atoms with E-state index in [2.05, 4.69) is 223 Å². The Morgan fingerprint density at radius 1 is 0.260 bits per heavy atom. The third-order valence-corrected chi connectivity index (χ3v) is 14.3. The Hall–Kier alpha value is -8.25. The highest BCUT2D eigenvalue weighted by Gasteiger charge is 2.05. The molecule has 0 aliphatic rings. The summed E-state index contributed by atoms with van der Waals surface area (Å²) >= 11 is 1.84. The summed E-state index contributed by atoms with van der Waals surface area (Å²) < 4.78 is 5.08. The molecule has 5 heteroatoms. The average molecular weight is 1310 g/mol. The normalized spacial score (nSPS) is 9.04. The monoisotopic (exact) mass is 1310 g/mol. The van der Waals surface area contributed by atoms with Crippen LogP contribution >= 0.6 is 11.3 Å². The van der Waals surface area contributed by atoms with Crippen LogP contribution in [0.25, 0.3) is 64.9 Å². The molecule has 13 rings (SSSR count). The summed E-state index contributed by atoms with van der Waals surface area (Å²) in [6.45, 7) is 65.1. The molecule has 0 radical (unpaired) electrons. The van der Waals surface area contributed by atoms with Crippen molar-refractivity contribution < 1.29 is 4.42 Å². The minimum Gasteiger partial charge on any atom is -0.467 e. The van der Waals surface area contributed by atoms with Crippen LogP contribution in [0.4, 0.5) is 0 Å². The Labute approximate surface area is 591 Å². The summed E-state index contributed by atoms with van der Waals surface area (Å²) in [5.74, 6) is 1.97. The van der Waals surface area contributed by atoms with Gasteiger partial charge in [-0.15, -0.1) is 11.3 Å². The number of thiophene rings is 1. The maximum atomic E-state index is 5.08. The van der Waals surface area contributed by atoms with Crippen LogP contribution < -0.4 is 0 Å². The molecule has 0 aliphatic heterocycles. The van der Waals surface area contributed by atoms with Crippen LogP contribution in [0.1, 0.15) is 202 Å². The first-order valence-electron chi connectivity index (χ1n) is 35.8. The average Bonchev–Trinajstić information content (AvgIpc) is 1.13. The molecule has 5 heterocycles. The molecule has 0 fully saturated rings. The minimum atomic E-state index is 0.984. The van der Waals surface area contributed by atoms with E-state index in [1.165, 1.54) is 103 Å². The largest absolute Gasteiger partial charge is 0.467 e. The topological polar surface area (TPSA) is 51.8 Å². The zero-order valence-corrected chi connectivity index (χ0v) is 67.0. The van der Waals surface area contributed by atoms with E-state index < -0.39 is 0 Å². The lowest BCUT2D eigenvalue weighted by molar-refractivity contribution is 0.504. The number of pyridine rings is 3. The molecule has 0 saturated heterocycles. The van der Waals surface area contributed by atoms with Crippen molar-refractivity contribution in [3.63, 3.8) is 0 Å². The molecule has 4 nitrogen and oxygen atoms in total. The number of hydrogen-bond acceptors (Lipinski definition) is 5. The number of furan rings is 1. The summed E-state index contributed by atoms with van der Waals surface area (Å²) in [7, 11) is 0. The predicted octanol–water partition coefficient (Wildman–Crippen LogP) is 30.1. The second-order valence-corrected chi connectivity index (χ2v) is 21.9. The highest BCUT2D eigenvalue weighted by atomic mass is 32.1. The lowest BCUT2D eigenvalue weighted by Gasteiger charge is -2.07. The van der Waals surface area contributed by atoms with Crippen molar-refractivity contribution in [2.24, 2.45) is 0 Å². The SMILES string of the molecule is CC.CC.CC.CC.CC.CC.CC.CC.CC.Cc1cc(C)c2ccccc2n1.Cc1ccc(C)c2ncccc12.Cc1ccc(C)o1.Cc1ccc(C)s1.Cc1ccc2c(ccc3cc(C)ccc32)c1.Cc1ccc2cc(C)c3ccccc3c2c1.Cc1cccc(C)n1. The fourth-order valence-electron chi connectivity index (χ4n) is 9.48. The minimum absolute atomic E-state index is 0.984. The highest BCUT2D eigenvalue weighted by molar-refractivity contribution is 7.11. The van der Waals surface area contributed by atoms with Crippen molar-refractivity contribution in [3.8, 4) is 0 Å². The first-order valence-corrected chi connectivity index (χ1v) is 36.6. The van der Waals surface area contributed by atoms with Crippen molar-refractivity contribution in [3.05, 3.63) is 278 Å². The van der Waals surface area contributed by atoms with E-state index in [1.54, 1.807) is 0 Å². The lowest BCUT2D eigenvalue weighted by Crippen LogP contribution is -1.85. The van der Waals surface area contributed by atoms with Crippen LogP contribution in [0.15, 0.2) is 205 Å². The second kappa shape index (κ2) is 54.9. The van der Waals surface area contributed by atoms with E-state index in [-0.39, 0.29) is 0 Å². The van der Waals surface area contributed by atoms with E-state index >= 15 is 0 Å². The zero-order valence-electron chi connectivity index (χ0n) is 66.2. The quantitative estimate of drug-likeness (QED) is 0.142. The first kappa shape index (κ1) is 91.9. The molecule has 0 N–H and O–H groups in total. The van der Waals surface area contributed by atoms with Gasteiger partial charge in [-0.25, -0.2) is 0 Å². The molecular weight excluding hydrogens is 1180 g/mol. The Kier molecular flexibility index (Phi) is 52.6. The third-order valence-electron chi connectivity index (χ3n) is 13.4. The van der Waals surface area contributed by atoms with Gasteiger partial charge >= 0.3 is 0 Å². The number of nitrogens with zero attached hydrogens (tertiary/aromatic N) is 3.